The first-order chi connectivity index (χ1) is 8.50. The van der Waals surface area contributed by atoms with E-state index in [1.165, 1.54) is 6.07 Å². The third-order valence-electron chi connectivity index (χ3n) is 2.12. The maximum Gasteiger partial charge on any atom is 0.167 e. The van der Waals surface area contributed by atoms with Crippen molar-refractivity contribution in [3.8, 4) is 11.5 Å². The van der Waals surface area contributed by atoms with Crippen molar-refractivity contribution in [2.75, 3.05) is 0 Å². The predicted octanol–water partition coefficient (Wildman–Crippen LogP) is 6.75. The molecule has 94 valence electrons. The summed E-state index contributed by atoms with van der Waals surface area (Å²) in [5.74, 6) is 0.602. The molecule has 0 saturated carbocycles. The Hall–Kier alpha value is -0.310. The van der Waals surface area contributed by atoms with Gasteiger partial charge in [-0.1, -0.05) is 70.1 Å². The van der Waals surface area contributed by atoms with Crippen LogP contribution >= 0.6 is 58.0 Å². The molecule has 2 aromatic carbocycles. The highest BCUT2D eigenvalue weighted by atomic mass is 35.5. The van der Waals surface area contributed by atoms with Gasteiger partial charge in [0, 0.05) is 0 Å². The van der Waals surface area contributed by atoms with Gasteiger partial charge in [0.15, 0.2) is 5.75 Å². The Morgan fingerprint density at radius 2 is 1.28 bits per heavy atom. The molecule has 2 rings (SSSR count). The molecule has 0 radical (unpaired) electrons. The van der Waals surface area contributed by atoms with Crippen molar-refractivity contribution >= 4 is 58.0 Å². The van der Waals surface area contributed by atoms with Crippen molar-refractivity contribution in [2.45, 2.75) is 0 Å². The first-order valence-corrected chi connectivity index (χ1v) is 6.65. The van der Waals surface area contributed by atoms with E-state index in [1.807, 2.05) is 0 Å². The van der Waals surface area contributed by atoms with E-state index in [4.69, 9.17) is 62.7 Å². The maximum absolute atomic E-state index is 6.03. The summed E-state index contributed by atoms with van der Waals surface area (Å²) in [7, 11) is 0. The molecule has 0 aliphatic rings. The molecule has 0 fully saturated rings. The fraction of sp³-hybridized carbons (Fsp3) is 0. The van der Waals surface area contributed by atoms with Gasteiger partial charge in [-0.25, -0.2) is 0 Å². The van der Waals surface area contributed by atoms with Gasteiger partial charge in [0.05, 0.1) is 15.1 Å². The van der Waals surface area contributed by atoms with Gasteiger partial charge < -0.3 is 4.74 Å². The molecule has 0 heterocycles. The minimum absolute atomic E-state index is 0.184. The van der Waals surface area contributed by atoms with Gasteiger partial charge in [-0.15, -0.1) is 0 Å². The Bertz CT molecular complexity index is 571. The van der Waals surface area contributed by atoms with E-state index in [0.29, 0.717) is 10.8 Å². The van der Waals surface area contributed by atoms with Crippen molar-refractivity contribution < 1.29 is 4.74 Å². The number of hydrogen-bond acceptors (Lipinski definition) is 1. The van der Waals surface area contributed by atoms with E-state index < -0.39 is 0 Å². The summed E-state index contributed by atoms with van der Waals surface area (Å²) in [6, 6.07) is 8.38. The number of benzene rings is 2. The molecular formula is C12H5Cl5O. The van der Waals surface area contributed by atoms with E-state index in [2.05, 4.69) is 0 Å². The third-order valence-corrected chi connectivity index (χ3v) is 3.97. The number of halogens is 5. The summed E-state index contributed by atoms with van der Waals surface area (Å²) in [6.45, 7) is 0. The third kappa shape index (κ3) is 2.81. The molecule has 2 aromatic rings. The summed E-state index contributed by atoms with van der Waals surface area (Å²) in [6.07, 6.45) is 0. The average Bonchev–Trinajstić information content (AvgIpc) is 2.34. The van der Waals surface area contributed by atoms with Crippen LogP contribution in [0.4, 0.5) is 0 Å². The normalized spacial score (nSPS) is 10.5. The monoisotopic (exact) mass is 340 g/mol. The second-order valence-electron chi connectivity index (χ2n) is 3.33. The molecule has 0 aliphatic heterocycles. The molecule has 18 heavy (non-hydrogen) atoms. The van der Waals surface area contributed by atoms with Crippen LogP contribution in [0.25, 0.3) is 0 Å². The molecule has 0 saturated heterocycles. The molecular weight excluding hydrogens is 337 g/mol. The molecule has 0 bridgehead atoms. The molecule has 0 aromatic heterocycles. The number of rotatable bonds is 2. The SMILES string of the molecule is Clc1ccccc1Oc1c(Cl)c(Cl)cc(Cl)c1Cl. The number of hydrogen-bond donors (Lipinski definition) is 0. The van der Waals surface area contributed by atoms with Gasteiger partial charge in [-0.05, 0) is 18.2 Å². The molecule has 0 spiro atoms. The van der Waals surface area contributed by atoms with Gasteiger partial charge in [-0.3, -0.25) is 0 Å². The summed E-state index contributed by atoms with van der Waals surface area (Å²) in [5.41, 5.74) is 0. The van der Waals surface area contributed by atoms with E-state index in [0.717, 1.165) is 0 Å². The molecule has 0 amide bonds. The fourth-order valence-corrected chi connectivity index (χ4v) is 2.32. The second kappa shape index (κ2) is 5.77. The highest BCUT2D eigenvalue weighted by Crippen LogP contribution is 2.45. The average molecular weight is 342 g/mol. The van der Waals surface area contributed by atoms with Gasteiger partial charge in [0.1, 0.15) is 15.8 Å². The standard InChI is InChI=1S/C12H5Cl5O/c13-6-3-1-2-4-9(6)18-12-10(16)7(14)5-8(15)11(12)17/h1-5H. The first-order valence-electron chi connectivity index (χ1n) is 4.76. The van der Waals surface area contributed by atoms with Crippen LogP contribution in [-0.2, 0) is 0 Å². The van der Waals surface area contributed by atoms with Crippen LogP contribution in [-0.4, -0.2) is 0 Å². The van der Waals surface area contributed by atoms with Crippen molar-refractivity contribution in [2.24, 2.45) is 0 Å². The van der Waals surface area contributed by atoms with Crippen LogP contribution < -0.4 is 4.74 Å². The minimum atomic E-state index is 0.184. The van der Waals surface area contributed by atoms with Crippen LogP contribution in [0.3, 0.4) is 0 Å². The Morgan fingerprint density at radius 3 is 1.83 bits per heavy atom. The quantitative estimate of drug-likeness (QED) is 0.549. The molecule has 0 aliphatic carbocycles. The van der Waals surface area contributed by atoms with Gasteiger partial charge in [0.2, 0.25) is 0 Å². The van der Waals surface area contributed by atoms with Crippen molar-refractivity contribution in [3.63, 3.8) is 0 Å². The predicted molar refractivity (Wildman–Crippen MR) is 78.0 cm³/mol. The fourth-order valence-electron chi connectivity index (χ4n) is 1.28. The van der Waals surface area contributed by atoms with Gasteiger partial charge in [-0.2, -0.15) is 0 Å². The highest BCUT2D eigenvalue weighted by molar-refractivity contribution is 6.48. The lowest BCUT2D eigenvalue weighted by atomic mass is 10.3. The van der Waals surface area contributed by atoms with Crippen LogP contribution in [0.2, 0.25) is 25.1 Å². The summed E-state index contributed by atoms with van der Waals surface area (Å²) >= 11 is 29.9. The summed E-state index contributed by atoms with van der Waals surface area (Å²) in [4.78, 5) is 0. The Balaban J connectivity index is 2.50. The number of ether oxygens (including phenoxy) is 1. The van der Waals surface area contributed by atoms with Gasteiger partial charge in [0.25, 0.3) is 0 Å². The molecule has 0 atom stereocenters. The molecule has 0 N–H and O–H groups in total. The smallest absolute Gasteiger partial charge is 0.167 e. The van der Waals surface area contributed by atoms with E-state index >= 15 is 0 Å². The van der Waals surface area contributed by atoms with Crippen molar-refractivity contribution in [1.29, 1.82) is 0 Å². The first kappa shape index (κ1) is 14.1. The van der Waals surface area contributed by atoms with E-state index in [-0.39, 0.29) is 25.8 Å². The zero-order valence-corrected chi connectivity index (χ0v) is 12.5. The van der Waals surface area contributed by atoms with Crippen LogP contribution in [0.1, 0.15) is 0 Å². The topological polar surface area (TPSA) is 9.23 Å². The Morgan fingerprint density at radius 1 is 0.722 bits per heavy atom. The van der Waals surface area contributed by atoms with Crippen LogP contribution in [0.15, 0.2) is 30.3 Å². The maximum atomic E-state index is 6.03. The van der Waals surface area contributed by atoms with E-state index in [9.17, 15) is 0 Å². The van der Waals surface area contributed by atoms with Gasteiger partial charge >= 0.3 is 0 Å². The lowest BCUT2D eigenvalue weighted by Gasteiger charge is -2.12. The largest absolute Gasteiger partial charge is 0.453 e. The Kier molecular flexibility index (Phi) is 4.52. The van der Waals surface area contributed by atoms with Crippen molar-refractivity contribution in [3.05, 3.63) is 55.4 Å². The number of para-hydroxylation sites is 1. The lowest BCUT2D eigenvalue weighted by Crippen LogP contribution is -1.89. The Labute approximate surface area is 129 Å². The second-order valence-corrected chi connectivity index (χ2v) is 5.31. The van der Waals surface area contributed by atoms with Crippen LogP contribution in [0.5, 0.6) is 11.5 Å². The lowest BCUT2D eigenvalue weighted by molar-refractivity contribution is 0.483. The van der Waals surface area contributed by atoms with Crippen molar-refractivity contribution in [1.82, 2.24) is 0 Å². The molecule has 6 heteroatoms. The molecule has 0 unspecified atom stereocenters. The molecule has 1 nitrogen and oxygen atoms in total. The van der Waals surface area contributed by atoms with Crippen LogP contribution in [0, 0.1) is 0 Å². The zero-order chi connectivity index (χ0) is 13.3. The highest BCUT2D eigenvalue weighted by Gasteiger charge is 2.17. The minimum Gasteiger partial charge on any atom is -0.453 e. The zero-order valence-electron chi connectivity index (χ0n) is 8.68. The summed E-state index contributed by atoms with van der Waals surface area (Å²) < 4.78 is 5.57. The van der Waals surface area contributed by atoms with E-state index in [1.54, 1.807) is 24.3 Å². The summed E-state index contributed by atoms with van der Waals surface area (Å²) in [5, 5.41) is 1.32.